The molecule has 5 aromatic rings. The molecule has 134 valence electrons. The molecule has 0 bridgehead atoms. The third-order valence-electron chi connectivity index (χ3n) is 4.94. The molecule has 0 spiro atoms. The maximum atomic E-state index is 6.13. The maximum Gasteiger partial charge on any atom is 0.241 e. The van der Waals surface area contributed by atoms with Crippen molar-refractivity contribution in [1.82, 2.24) is 10.2 Å². The minimum absolute atomic E-state index is 0.449. The summed E-state index contributed by atoms with van der Waals surface area (Å²) in [7, 11) is 0. The van der Waals surface area contributed by atoms with Crippen LogP contribution in [0.15, 0.2) is 97.1 Å². The first kappa shape index (κ1) is 16.5. The quantitative estimate of drug-likeness (QED) is 0.391. The summed E-state index contributed by atoms with van der Waals surface area (Å²) in [6.45, 7) is 0.449. The lowest BCUT2D eigenvalue weighted by atomic mass is 10.0. The summed E-state index contributed by atoms with van der Waals surface area (Å²) < 4.78 is 6.13. The van der Waals surface area contributed by atoms with Crippen molar-refractivity contribution in [3.8, 4) is 17.1 Å². The van der Waals surface area contributed by atoms with Gasteiger partial charge in [0.05, 0.1) is 0 Å². The highest BCUT2D eigenvalue weighted by atomic mass is 16.5. The molecule has 4 aromatic carbocycles. The third kappa shape index (κ3) is 2.97. The van der Waals surface area contributed by atoms with Crippen molar-refractivity contribution in [2.45, 2.75) is 6.61 Å². The Morgan fingerprint density at radius 2 is 1.25 bits per heavy atom. The van der Waals surface area contributed by atoms with E-state index < -0.39 is 0 Å². The lowest BCUT2D eigenvalue weighted by Gasteiger charge is -2.12. The first-order valence-corrected chi connectivity index (χ1v) is 9.30. The predicted octanol–water partition coefficient (Wildman–Crippen LogP) is 6.03. The Morgan fingerprint density at radius 3 is 2.11 bits per heavy atom. The number of hydrogen-bond donors (Lipinski definition) is 0. The molecule has 0 aliphatic heterocycles. The van der Waals surface area contributed by atoms with Gasteiger partial charge in [0.25, 0.3) is 0 Å². The van der Waals surface area contributed by atoms with Crippen LogP contribution in [0.1, 0.15) is 5.56 Å². The number of hydrogen-bond acceptors (Lipinski definition) is 3. The number of aromatic nitrogens is 2. The van der Waals surface area contributed by atoms with Gasteiger partial charge in [0, 0.05) is 16.3 Å². The maximum absolute atomic E-state index is 6.13. The predicted molar refractivity (Wildman–Crippen MR) is 113 cm³/mol. The summed E-state index contributed by atoms with van der Waals surface area (Å²) in [5.74, 6) is 0.559. The molecule has 0 saturated heterocycles. The molecule has 0 unspecified atom stereocenters. The topological polar surface area (TPSA) is 35.0 Å². The first-order valence-electron chi connectivity index (χ1n) is 9.30. The van der Waals surface area contributed by atoms with E-state index in [1.807, 2.05) is 54.6 Å². The summed E-state index contributed by atoms with van der Waals surface area (Å²) in [4.78, 5) is 0. The van der Waals surface area contributed by atoms with Gasteiger partial charge >= 0.3 is 0 Å². The van der Waals surface area contributed by atoms with Gasteiger partial charge in [0.1, 0.15) is 12.3 Å². The Kier molecular flexibility index (Phi) is 4.19. The fourth-order valence-electron chi connectivity index (χ4n) is 3.56. The van der Waals surface area contributed by atoms with E-state index in [-0.39, 0.29) is 0 Å². The molecule has 1 aromatic heterocycles. The summed E-state index contributed by atoms with van der Waals surface area (Å²) in [5, 5.41) is 13.3. The normalized spacial score (nSPS) is 11.0. The smallest absolute Gasteiger partial charge is 0.241 e. The van der Waals surface area contributed by atoms with Gasteiger partial charge < -0.3 is 4.74 Å². The first-order chi connectivity index (χ1) is 13.9. The largest absolute Gasteiger partial charge is 0.471 e. The van der Waals surface area contributed by atoms with Crippen molar-refractivity contribution in [2.24, 2.45) is 0 Å². The van der Waals surface area contributed by atoms with E-state index in [0.717, 1.165) is 27.6 Å². The fraction of sp³-hybridized carbons (Fsp3) is 0.0400. The van der Waals surface area contributed by atoms with Crippen LogP contribution in [0, 0.1) is 0 Å². The Balaban J connectivity index is 1.53. The molecule has 0 fully saturated rings. The highest BCUT2D eigenvalue weighted by molar-refractivity contribution is 5.96. The summed E-state index contributed by atoms with van der Waals surface area (Å²) in [6, 6.07) is 32.8. The van der Waals surface area contributed by atoms with E-state index >= 15 is 0 Å². The van der Waals surface area contributed by atoms with E-state index in [1.54, 1.807) is 0 Å². The number of nitrogens with zero attached hydrogens (tertiary/aromatic N) is 2. The van der Waals surface area contributed by atoms with Crippen molar-refractivity contribution >= 4 is 21.5 Å². The number of ether oxygens (including phenoxy) is 1. The Labute approximate surface area is 163 Å². The minimum atomic E-state index is 0.449. The van der Waals surface area contributed by atoms with E-state index in [0.29, 0.717) is 12.5 Å². The molecular weight excluding hydrogens is 344 g/mol. The molecule has 0 N–H and O–H groups in total. The average molecular weight is 362 g/mol. The second-order valence-corrected chi connectivity index (χ2v) is 6.69. The van der Waals surface area contributed by atoms with E-state index in [9.17, 15) is 0 Å². The molecular formula is C25H18N2O. The van der Waals surface area contributed by atoms with E-state index in [4.69, 9.17) is 4.74 Å². The second-order valence-electron chi connectivity index (χ2n) is 6.69. The van der Waals surface area contributed by atoms with E-state index in [1.165, 1.54) is 10.8 Å². The second kappa shape index (κ2) is 7.12. The average Bonchev–Trinajstić information content (AvgIpc) is 2.78. The molecule has 0 amide bonds. The number of benzene rings is 4. The summed E-state index contributed by atoms with van der Waals surface area (Å²) in [6.07, 6.45) is 0. The molecule has 0 aliphatic carbocycles. The number of rotatable bonds is 4. The summed E-state index contributed by atoms with van der Waals surface area (Å²) >= 11 is 0. The lowest BCUT2D eigenvalue weighted by Crippen LogP contribution is -2.01. The molecule has 1 heterocycles. The van der Waals surface area contributed by atoms with Crippen LogP contribution in [0.4, 0.5) is 0 Å². The van der Waals surface area contributed by atoms with Gasteiger partial charge in [-0.05, 0) is 22.4 Å². The van der Waals surface area contributed by atoms with Gasteiger partial charge in [-0.1, -0.05) is 91.0 Å². The van der Waals surface area contributed by atoms with Crippen LogP contribution in [0.3, 0.4) is 0 Å². The van der Waals surface area contributed by atoms with Gasteiger partial charge in [0.15, 0.2) is 0 Å². The van der Waals surface area contributed by atoms with Gasteiger partial charge in [-0.3, -0.25) is 0 Å². The lowest BCUT2D eigenvalue weighted by molar-refractivity contribution is 0.296. The Hall–Kier alpha value is -3.72. The highest BCUT2D eigenvalue weighted by Crippen LogP contribution is 2.31. The van der Waals surface area contributed by atoms with Crippen LogP contribution >= 0.6 is 0 Å². The van der Waals surface area contributed by atoms with Crippen LogP contribution in [0.25, 0.3) is 32.8 Å². The molecule has 28 heavy (non-hydrogen) atoms. The molecule has 0 aliphatic rings. The zero-order valence-corrected chi connectivity index (χ0v) is 15.2. The summed E-state index contributed by atoms with van der Waals surface area (Å²) in [5.41, 5.74) is 3.05. The van der Waals surface area contributed by atoms with Crippen LogP contribution in [-0.4, -0.2) is 10.2 Å². The zero-order valence-electron chi connectivity index (χ0n) is 15.2. The molecule has 5 rings (SSSR count). The van der Waals surface area contributed by atoms with Crippen LogP contribution < -0.4 is 4.74 Å². The molecule has 3 nitrogen and oxygen atoms in total. The van der Waals surface area contributed by atoms with Crippen LogP contribution in [0.2, 0.25) is 0 Å². The third-order valence-corrected chi connectivity index (χ3v) is 4.94. The molecule has 0 radical (unpaired) electrons. The molecule has 0 saturated carbocycles. The SMILES string of the molecule is c1ccc(-c2nnc(OCc3cccc4ccccc34)c3ccccc23)cc1. The molecule has 3 heteroatoms. The minimum Gasteiger partial charge on any atom is -0.471 e. The van der Waals surface area contributed by atoms with Crippen molar-refractivity contribution in [3.05, 3.63) is 103 Å². The van der Waals surface area contributed by atoms with Crippen molar-refractivity contribution in [2.75, 3.05) is 0 Å². The number of fused-ring (bicyclic) bond motifs is 2. The van der Waals surface area contributed by atoms with Gasteiger partial charge in [0.2, 0.25) is 5.88 Å². The van der Waals surface area contributed by atoms with Crippen LogP contribution in [-0.2, 0) is 6.61 Å². The van der Waals surface area contributed by atoms with Crippen molar-refractivity contribution in [3.63, 3.8) is 0 Å². The Morgan fingerprint density at radius 1 is 0.571 bits per heavy atom. The van der Waals surface area contributed by atoms with Gasteiger partial charge in [-0.25, -0.2) is 0 Å². The monoisotopic (exact) mass is 362 g/mol. The van der Waals surface area contributed by atoms with E-state index in [2.05, 4.69) is 52.7 Å². The highest BCUT2D eigenvalue weighted by Gasteiger charge is 2.12. The zero-order chi connectivity index (χ0) is 18.8. The van der Waals surface area contributed by atoms with Gasteiger partial charge in [-0.2, -0.15) is 0 Å². The van der Waals surface area contributed by atoms with Crippen molar-refractivity contribution < 1.29 is 4.74 Å². The Bertz CT molecular complexity index is 1260. The van der Waals surface area contributed by atoms with Gasteiger partial charge in [-0.15, -0.1) is 10.2 Å². The van der Waals surface area contributed by atoms with Crippen molar-refractivity contribution in [1.29, 1.82) is 0 Å². The standard InChI is InChI=1S/C25H18N2O/c1-2-10-19(11-3-1)24-22-15-6-7-16-23(22)25(27-26-24)28-17-20-13-8-12-18-9-4-5-14-21(18)20/h1-16H,17H2. The fourth-order valence-corrected chi connectivity index (χ4v) is 3.56. The van der Waals surface area contributed by atoms with Crippen LogP contribution in [0.5, 0.6) is 5.88 Å². The molecule has 0 atom stereocenters.